The van der Waals surface area contributed by atoms with E-state index < -0.39 is 97.5 Å². The lowest BCUT2D eigenvalue weighted by atomic mass is 9.99. The van der Waals surface area contributed by atoms with Crippen LogP contribution in [0.3, 0.4) is 0 Å². The maximum Gasteiger partial charge on any atom is 0.472 e. The van der Waals surface area contributed by atoms with Gasteiger partial charge in [-0.25, -0.2) is 9.13 Å². The fraction of sp³-hybridized carbons (Fsp3) is 0.892. The molecule has 0 spiro atoms. The number of aliphatic hydroxyl groups is 1. The number of rotatable bonds is 71. The number of allylic oxidation sites excluding steroid dienone is 4. The molecule has 3 N–H and O–H groups in total. The van der Waals surface area contributed by atoms with Gasteiger partial charge in [-0.3, -0.25) is 37.3 Å². The molecule has 0 aromatic heterocycles. The average Bonchev–Trinajstić information content (AvgIpc) is 1.61. The van der Waals surface area contributed by atoms with Gasteiger partial charge in [-0.05, 0) is 63.2 Å². The summed E-state index contributed by atoms with van der Waals surface area (Å²) in [6.45, 7) is 9.51. The first kappa shape index (κ1) is 90.5. The molecule has 3 unspecified atom stereocenters. The van der Waals surface area contributed by atoms with Crippen molar-refractivity contribution in [2.75, 3.05) is 39.6 Å². The first-order valence-electron chi connectivity index (χ1n) is 37.8. The molecule has 0 saturated carbocycles. The van der Waals surface area contributed by atoms with Crippen molar-refractivity contribution >= 4 is 39.5 Å². The van der Waals surface area contributed by atoms with Crippen LogP contribution in [0.4, 0.5) is 0 Å². The van der Waals surface area contributed by atoms with Gasteiger partial charge in [0.15, 0.2) is 12.2 Å². The average molecular weight is 1360 g/mol. The molecule has 0 rings (SSSR count). The van der Waals surface area contributed by atoms with Gasteiger partial charge in [0.25, 0.3) is 0 Å². The zero-order valence-corrected chi connectivity index (χ0v) is 61.8. The third-order valence-corrected chi connectivity index (χ3v) is 18.8. The van der Waals surface area contributed by atoms with Crippen LogP contribution in [0.25, 0.3) is 0 Å². The van der Waals surface area contributed by atoms with Gasteiger partial charge in [0.1, 0.15) is 19.3 Å². The third-order valence-electron chi connectivity index (χ3n) is 16.9. The van der Waals surface area contributed by atoms with Crippen LogP contribution in [0.15, 0.2) is 24.3 Å². The molecule has 93 heavy (non-hydrogen) atoms. The topological polar surface area (TPSA) is 237 Å². The van der Waals surface area contributed by atoms with Crippen LogP contribution in [-0.4, -0.2) is 96.7 Å². The second-order valence-corrected chi connectivity index (χ2v) is 29.6. The maximum absolute atomic E-state index is 13.1. The summed E-state index contributed by atoms with van der Waals surface area (Å²) in [6.07, 6.45) is 54.7. The van der Waals surface area contributed by atoms with Crippen molar-refractivity contribution < 1.29 is 80.2 Å². The molecule has 0 amide bonds. The van der Waals surface area contributed by atoms with Crippen LogP contribution in [0.1, 0.15) is 356 Å². The number of carbonyl (C=O) groups is 4. The second-order valence-electron chi connectivity index (χ2n) is 26.7. The lowest BCUT2D eigenvalue weighted by Gasteiger charge is -2.21. The number of carbonyl (C=O) groups excluding carboxylic acids is 4. The van der Waals surface area contributed by atoms with Crippen LogP contribution in [0.5, 0.6) is 0 Å². The normalized spacial score (nSPS) is 14.5. The summed E-state index contributed by atoms with van der Waals surface area (Å²) in [5.41, 5.74) is 0. The number of hydrogen-bond donors (Lipinski definition) is 3. The van der Waals surface area contributed by atoms with E-state index in [0.29, 0.717) is 25.7 Å². The van der Waals surface area contributed by atoms with Crippen molar-refractivity contribution in [3.8, 4) is 0 Å². The zero-order valence-electron chi connectivity index (χ0n) is 60.0. The molecular weight excluding hydrogens is 1220 g/mol. The van der Waals surface area contributed by atoms with Crippen molar-refractivity contribution in [2.45, 2.75) is 374 Å². The first-order chi connectivity index (χ1) is 44.9. The van der Waals surface area contributed by atoms with Gasteiger partial charge in [0.2, 0.25) is 0 Å². The molecule has 17 nitrogen and oxygen atoms in total. The largest absolute Gasteiger partial charge is 0.472 e. The fourth-order valence-electron chi connectivity index (χ4n) is 10.7. The number of phosphoric ester groups is 2. The molecule has 0 aromatic carbocycles. The van der Waals surface area contributed by atoms with Crippen molar-refractivity contribution in [3.63, 3.8) is 0 Å². The predicted octanol–water partition coefficient (Wildman–Crippen LogP) is 21.1. The molecule has 19 heteroatoms. The van der Waals surface area contributed by atoms with Gasteiger partial charge in [-0.2, -0.15) is 0 Å². The van der Waals surface area contributed by atoms with E-state index in [0.717, 1.165) is 115 Å². The van der Waals surface area contributed by atoms with Gasteiger partial charge in [-0.1, -0.05) is 303 Å². The molecule has 0 saturated heterocycles. The lowest BCUT2D eigenvalue weighted by molar-refractivity contribution is -0.161. The number of aliphatic hydroxyl groups excluding tert-OH is 1. The summed E-state index contributed by atoms with van der Waals surface area (Å²) >= 11 is 0. The van der Waals surface area contributed by atoms with E-state index in [4.69, 9.17) is 37.0 Å². The molecule has 0 aliphatic heterocycles. The second kappa shape index (κ2) is 65.5. The summed E-state index contributed by atoms with van der Waals surface area (Å²) in [6, 6.07) is 0. The van der Waals surface area contributed by atoms with E-state index in [1.54, 1.807) is 0 Å². The van der Waals surface area contributed by atoms with Crippen molar-refractivity contribution in [1.29, 1.82) is 0 Å². The number of hydrogen-bond acceptors (Lipinski definition) is 15. The Labute approximate surface area is 567 Å². The zero-order chi connectivity index (χ0) is 68.6. The monoisotopic (exact) mass is 1360 g/mol. The van der Waals surface area contributed by atoms with Crippen molar-refractivity contribution in [2.24, 2.45) is 11.8 Å². The highest BCUT2D eigenvalue weighted by Crippen LogP contribution is 2.45. The van der Waals surface area contributed by atoms with Gasteiger partial charge in [0, 0.05) is 25.7 Å². The van der Waals surface area contributed by atoms with Crippen molar-refractivity contribution in [1.82, 2.24) is 0 Å². The predicted molar refractivity (Wildman–Crippen MR) is 377 cm³/mol. The molecule has 0 aliphatic carbocycles. The molecule has 0 aromatic rings. The minimum atomic E-state index is -4.96. The Morgan fingerprint density at radius 3 is 0.968 bits per heavy atom. The number of esters is 4. The SMILES string of the molecule is CCCCCC/C=C\C=C/CCCCCCCC(=O)O[C@H](COC(=O)CCCCCCCCCCCCC(C)CC)COP(=O)(O)OC[C@@H](O)COP(=O)(O)OC[C@@H](COC(=O)CCCCCCCCCCCCCC)OC(=O)CCCCCCCCCCCC(C)C. The fourth-order valence-corrected chi connectivity index (χ4v) is 12.3. The first-order valence-corrected chi connectivity index (χ1v) is 40.8. The van der Waals surface area contributed by atoms with E-state index in [1.807, 2.05) is 0 Å². The minimum Gasteiger partial charge on any atom is -0.462 e. The summed E-state index contributed by atoms with van der Waals surface area (Å²) in [5, 5.41) is 10.6. The molecule has 0 fully saturated rings. The summed E-state index contributed by atoms with van der Waals surface area (Å²) in [7, 11) is -9.92. The molecule has 6 atom stereocenters. The molecule has 0 bridgehead atoms. The van der Waals surface area contributed by atoms with Crippen molar-refractivity contribution in [3.05, 3.63) is 24.3 Å². The van der Waals surface area contributed by atoms with Crippen LogP contribution in [-0.2, 0) is 65.4 Å². The van der Waals surface area contributed by atoms with E-state index in [2.05, 4.69) is 65.8 Å². The van der Waals surface area contributed by atoms with E-state index in [-0.39, 0.29) is 25.7 Å². The number of ether oxygens (including phenoxy) is 4. The van der Waals surface area contributed by atoms with Gasteiger partial charge >= 0.3 is 39.5 Å². The van der Waals surface area contributed by atoms with E-state index in [1.165, 1.54) is 161 Å². The van der Waals surface area contributed by atoms with Gasteiger partial charge in [-0.15, -0.1) is 0 Å². The van der Waals surface area contributed by atoms with Gasteiger partial charge < -0.3 is 33.8 Å². The third kappa shape index (κ3) is 66.6. The quantitative estimate of drug-likeness (QED) is 0.0169. The molecule has 0 heterocycles. The number of phosphoric acid groups is 2. The molecular formula is C74H140O17P2. The Hall–Kier alpha value is -2.46. The Bertz CT molecular complexity index is 1900. The van der Waals surface area contributed by atoms with E-state index >= 15 is 0 Å². The molecule has 548 valence electrons. The summed E-state index contributed by atoms with van der Waals surface area (Å²) in [4.78, 5) is 72.7. The summed E-state index contributed by atoms with van der Waals surface area (Å²) in [5.74, 6) is -0.607. The summed E-state index contributed by atoms with van der Waals surface area (Å²) < 4.78 is 68.4. The minimum absolute atomic E-state index is 0.0848. The highest BCUT2D eigenvalue weighted by Gasteiger charge is 2.30. The lowest BCUT2D eigenvalue weighted by Crippen LogP contribution is -2.30. The number of unbranched alkanes of at least 4 members (excludes halogenated alkanes) is 37. The van der Waals surface area contributed by atoms with Gasteiger partial charge in [0.05, 0.1) is 26.4 Å². The maximum atomic E-state index is 13.1. The highest BCUT2D eigenvalue weighted by atomic mass is 31.2. The van der Waals surface area contributed by atoms with Crippen LogP contribution in [0, 0.1) is 11.8 Å². The van der Waals surface area contributed by atoms with Crippen LogP contribution in [0.2, 0.25) is 0 Å². The Morgan fingerprint density at radius 2 is 0.634 bits per heavy atom. The molecule has 0 radical (unpaired) electrons. The van der Waals surface area contributed by atoms with E-state index in [9.17, 15) is 43.2 Å². The van der Waals surface area contributed by atoms with Crippen LogP contribution >= 0.6 is 15.6 Å². The smallest absolute Gasteiger partial charge is 0.462 e. The standard InChI is InChI=1S/C74H140O17P2/c1-7-10-12-14-16-18-20-22-23-24-26-34-40-46-52-58-73(78)90-69(62-85-72(77)57-51-45-39-33-28-27-31-37-43-49-55-67(6)9-3)64-88-92(80,81)86-60-68(75)61-87-93(82,83)89-65-70(91-74(79)59-53-47-41-35-29-30-36-42-48-54-66(4)5)63-84-71(76)56-50-44-38-32-25-21-19-17-15-13-11-8-2/h18,20,22-23,66-70,75H,7-17,19,21,24-65H2,1-6H3,(H,80,81)(H,82,83)/b20-18-,23-22-/t67?,68-,69-,70-/m1/s1. The van der Waals surface area contributed by atoms with Crippen LogP contribution < -0.4 is 0 Å². The highest BCUT2D eigenvalue weighted by molar-refractivity contribution is 7.47. The Balaban J connectivity index is 5.30. The Kier molecular flexibility index (Phi) is 63.7. The Morgan fingerprint density at radius 1 is 0.355 bits per heavy atom. The molecule has 0 aliphatic rings.